The molecule has 0 aliphatic rings. The molecule has 104 valence electrons. The van der Waals surface area contributed by atoms with Gasteiger partial charge in [0.15, 0.2) is 0 Å². The molecule has 1 heterocycles. The van der Waals surface area contributed by atoms with E-state index in [0.717, 1.165) is 5.56 Å². The quantitative estimate of drug-likeness (QED) is 0.925. The van der Waals surface area contributed by atoms with E-state index in [0.29, 0.717) is 10.8 Å². The molecule has 0 aliphatic heterocycles. The summed E-state index contributed by atoms with van der Waals surface area (Å²) in [6.45, 7) is 8.38. The third-order valence-electron chi connectivity index (χ3n) is 3.30. The van der Waals surface area contributed by atoms with Crippen molar-refractivity contribution in [3.63, 3.8) is 0 Å². The lowest BCUT2D eigenvalue weighted by molar-refractivity contribution is 0.217. The van der Waals surface area contributed by atoms with Crippen LogP contribution in [0.15, 0.2) is 15.7 Å². The van der Waals surface area contributed by atoms with Crippen molar-refractivity contribution in [1.82, 2.24) is 4.31 Å². The van der Waals surface area contributed by atoms with Gasteiger partial charge in [-0.25, -0.2) is 8.42 Å². The van der Waals surface area contributed by atoms with E-state index in [4.69, 9.17) is 5.73 Å². The summed E-state index contributed by atoms with van der Waals surface area (Å²) in [4.78, 5) is 0. The van der Waals surface area contributed by atoms with E-state index in [-0.39, 0.29) is 11.5 Å². The van der Waals surface area contributed by atoms with E-state index < -0.39 is 10.0 Å². The Bertz CT molecular complexity index is 500. The van der Waals surface area contributed by atoms with E-state index in [1.807, 2.05) is 27.7 Å². The highest BCUT2D eigenvalue weighted by molar-refractivity contribution is 7.91. The largest absolute Gasteiger partial charge is 0.326 e. The molecule has 18 heavy (non-hydrogen) atoms. The molecule has 0 saturated heterocycles. The van der Waals surface area contributed by atoms with Crippen molar-refractivity contribution in [1.29, 1.82) is 0 Å². The van der Waals surface area contributed by atoms with Crippen molar-refractivity contribution in [3.8, 4) is 0 Å². The highest BCUT2D eigenvalue weighted by Gasteiger charge is 2.33. The minimum atomic E-state index is -3.41. The normalized spacial score (nSPS) is 15.1. The highest BCUT2D eigenvalue weighted by Crippen LogP contribution is 2.30. The Kier molecular flexibility index (Phi) is 4.59. The van der Waals surface area contributed by atoms with Gasteiger partial charge in [0.25, 0.3) is 10.0 Å². The second-order valence-electron chi connectivity index (χ2n) is 5.54. The standard InChI is InChI=1S/C12H22N2O2S2/c1-9(12(2,3)4)14(5)18(15,16)11-6-10(7-13)8-17-11/h6,8-9H,7,13H2,1-5H3. The van der Waals surface area contributed by atoms with E-state index in [1.54, 1.807) is 18.5 Å². The molecule has 0 saturated carbocycles. The Labute approximate surface area is 114 Å². The number of nitrogens with zero attached hydrogens (tertiary/aromatic N) is 1. The lowest BCUT2D eigenvalue weighted by Crippen LogP contribution is -2.42. The Morgan fingerprint density at radius 1 is 1.44 bits per heavy atom. The molecule has 2 N–H and O–H groups in total. The zero-order valence-corrected chi connectivity index (χ0v) is 13.2. The molecule has 0 fully saturated rings. The number of hydrogen-bond acceptors (Lipinski definition) is 4. The molecule has 0 radical (unpaired) electrons. The molecule has 0 aliphatic carbocycles. The maximum Gasteiger partial charge on any atom is 0.252 e. The third kappa shape index (κ3) is 3.12. The highest BCUT2D eigenvalue weighted by atomic mass is 32.2. The van der Waals surface area contributed by atoms with Crippen molar-refractivity contribution in [2.75, 3.05) is 7.05 Å². The molecule has 1 unspecified atom stereocenters. The predicted octanol–water partition coefficient (Wildman–Crippen LogP) is 2.26. The Morgan fingerprint density at radius 3 is 2.39 bits per heavy atom. The molecule has 1 atom stereocenters. The molecular formula is C12H22N2O2S2. The molecular weight excluding hydrogens is 268 g/mol. The lowest BCUT2D eigenvalue weighted by atomic mass is 9.88. The third-order valence-corrected chi connectivity index (χ3v) is 6.69. The van der Waals surface area contributed by atoms with E-state index in [1.165, 1.54) is 15.6 Å². The first kappa shape index (κ1) is 15.6. The molecule has 6 heteroatoms. The van der Waals surface area contributed by atoms with Crippen LogP contribution in [0.2, 0.25) is 0 Å². The molecule has 1 aromatic rings. The SMILES string of the molecule is CC(N(C)S(=O)(=O)c1cc(CN)cs1)C(C)(C)C. The van der Waals surface area contributed by atoms with Crippen LogP contribution in [0.1, 0.15) is 33.3 Å². The van der Waals surface area contributed by atoms with Crippen LogP contribution in [-0.4, -0.2) is 25.8 Å². The van der Waals surface area contributed by atoms with Gasteiger partial charge in [0.2, 0.25) is 0 Å². The van der Waals surface area contributed by atoms with E-state index in [2.05, 4.69) is 0 Å². The smallest absolute Gasteiger partial charge is 0.252 e. The average Bonchev–Trinajstić information content (AvgIpc) is 2.74. The van der Waals surface area contributed by atoms with Crippen LogP contribution in [0.5, 0.6) is 0 Å². The van der Waals surface area contributed by atoms with Gasteiger partial charge in [-0.3, -0.25) is 0 Å². The fourth-order valence-corrected chi connectivity index (χ4v) is 4.44. The number of rotatable bonds is 4. The topological polar surface area (TPSA) is 63.4 Å². The molecule has 1 rings (SSSR count). The lowest BCUT2D eigenvalue weighted by Gasteiger charge is -2.34. The molecule has 1 aromatic heterocycles. The zero-order chi connectivity index (χ0) is 14.1. The molecule has 4 nitrogen and oxygen atoms in total. The summed E-state index contributed by atoms with van der Waals surface area (Å²) < 4.78 is 26.7. The van der Waals surface area contributed by atoms with Crippen LogP contribution < -0.4 is 5.73 Å². The fraction of sp³-hybridized carbons (Fsp3) is 0.667. The number of hydrogen-bond donors (Lipinski definition) is 1. The van der Waals surface area contributed by atoms with E-state index >= 15 is 0 Å². The first-order valence-electron chi connectivity index (χ1n) is 5.86. The van der Waals surface area contributed by atoms with Crippen molar-refractivity contribution >= 4 is 21.4 Å². The number of sulfonamides is 1. The maximum atomic E-state index is 12.4. The van der Waals surface area contributed by atoms with Gasteiger partial charge in [0.1, 0.15) is 4.21 Å². The predicted molar refractivity (Wildman–Crippen MR) is 76.1 cm³/mol. The molecule has 0 amide bonds. The van der Waals surface area contributed by atoms with Crippen LogP contribution in [0.25, 0.3) is 0 Å². The fourth-order valence-electron chi connectivity index (χ4n) is 1.49. The summed E-state index contributed by atoms with van der Waals surface area (Å²) in [5.74, 6) is 0. The summed E-state index contributed by atoms with van der Waals surface area (Å²) >= 11 is 1.23. The van der Waals surface area contributed by atoms with Gasteiger partial charge in [-0.05, 0) is 29.3 Å². The second kappa shape index (κ2) is 5.28. The van der Waals surface area contributed by atoms with Gasteiger partial charge in [-0.15, -0.1) is 11.3 Å². The Balaban J connectivity index is 3.07. The summed E-state index contributed by atoms with van der Waals surface area (Å²) in [6.07, 6.45) is 0. The van der Waals surface area contributed by atoms with Gasteiger partial charge in [0.05, 0.1) is 0 Å². The van der Waals surface area contributed by atoms with Gasteiger partial charge in [-0.1, -0.05) is 20.8 Å². The van der Waals surface area contributed by atoms with Crippen molar-refractivity contribution in [2.24, 2.45) is 11.1 Å². The van der Waals surface area contributed by atoms with Crippen molar-refractivity contribution in [2.45, 2.75) is 44.5 Å². The first-order chi connectivity index (χ1) is 8.10. The van der Waals surface area contributed by atoms with E-state index in [9.17, 15) is 8.42 Å². The molecule has 0 bridgehead atoms. The number of thiophene rings is 1. The van der Waals surface area contributed by atoms with Crippen LogP contribution >= 0.6 is 11.3 Å². The van der Waals surface area contributed by atoms with Crippen molar-refractivity contribution < 1.29 is 8.42 Å². The summed E-state index contributed by atoms with van der Waals surface area (Å²) in [6, 6.07) is 1.58. The molecule has 0 spiro atoms. The van der Waals surface area contributed by atoms with Gasteiger partial charge in [0, 0.05) is 19.6 Å². The van der Waals surface area contributed by atoms with Crippen LogP contribution in [0, 0.1) is 5.41 Å². The van der Waals surface area contributed by atoms with Crippen LogP contribution in [-0.2, 0) is 16.6 Å². The summed E-state index contributed by atoms with van der Waals surface area (Å²) in [5.41, 5.74) is 6.27. The van der Waals surface area contributed by atoms with Gasteiger partial charge < -0.3 is 5.73 Å². The summed E-state index contributed by atoms with van der Waals surface area (Å²) in [5, 5.41) is 1.79. The Morgan fingerprint density at radius 2 is 2.00 bits per heavy atom. The average molecular weight is 290 g/mol. The minimum Gasteiger partial charge on any atom is -0.326 e. The van der Waals surface area contributed by atoms with Crippen LogP contribution in [0.3, 0.4) is 0 Å². The molecule has 0 aromatic carbocycles. The zero-order valence-electron chi connectivity index (χ0n) is 11.6. The van der Waals surface area contributed by atoms with Crippen LogP contribution in [0.4, 0.5) is 0 Å². The maximum absolute atomic E-state index is 12.4. The number of nitrogens with two attached hydrogens (primary N) is 1. The summed E-state index contributed by atoms with van der Waals surface area (Å²) in [7, 11) is -1.78. The Hall–Kier alpha value is -0.430. The van der Waals surface area contributed by atoms with Gasteiger partial charge in [-0.2, -0.15) is 4.31 Å². The monoisotopic (exact) mass is 290 g/mol. The van der Waals surface area contributed by atoms with Crippen molar-refractivity contribution in [3.05, 3.63) is 17.0 Å². The minimum absolute atomic E-state index is 0.0778. The van der Waals surface area contributed by atoms with Gasteiger partial charge >= 0.3 is 0 Å². The second-order valence-corrected chi connectivity index (χ2v) is 8.68. The first-order valence-corrected chi connectivity index (χ1v) is 8.18.